The summed E-state index contributed by atoms with van der Waals surface area (Å²) < 4.78 is 54.2. The Morgan fingerprint density at radius 1 is 0.623 bits per heavy atom. The fourth-order valence-corrected chi connectivity index (χ4v) is 5.28. The van der Waals surface area contributed by atoms with Gasteiger partial charge in [-0.25, -0.2) is 9.59 Å². The first-order chi connectivity index (χ1) is 24.5. The summed E-state index contributed by atoms with van der Waals surface area (Å²) in [6.07, 6.45) is -6.22. The van der Waals surface area contributed by atoms with Gasteiger partial charge in [-0.1, -0.05) is 85.7 Å². The molecular weight excluding hydrogens is 699 g/mol. The van der Waals surface area contributed by atoms with Crippen LogP contribution in [0.5, 0.6) is 0 Å². The molecule has 0 aromatic heterocycles. The van der Waals surface area contributed by atoms with E-state index in [1.165, 1.54) is 0 Å². The average Bonchev–Trinajstić information content (AvgIpc) is 3.04. The summed E-state index contributed by atoms with van der Waals surface area (Å²) in [7, 11) is 1.13. The molecule has 0 saturated carbocycles. The van der Waals surface area contributed by atoms with Crippen LogP contribution in [0.3, 0.4) is 0 Å². The van der Waals surface area contributed by atoms with Crippen molar-refractivity contribution >= 4 is 35.7 Å². The second-order valence-electron chi connectivity index (χ2n) is 15.1. The van der Waals surface area contributed by atoms with E-state index in [0.717, 1.165) is 7.11 Å². The quantitative estimate of drug-likeness (QED) is 0.120. The molecular formula is C37H58F3N5O8. The number of benzene rings is 1. The van der Waals surface area contributed by atoms with Crippen molar-refractivity contribution in [2.45, 2.75) is 130 Å². The van der Waals surface area contributed by atoms with Crippen LogP contribution in [0, 0.1) is 23.7 Å². The molecule has 16 heteroatoms. The van der Waals surface area contributed by atoms with Gasteiger partial charge in [-0.15, -0.1) is 0 Å². The Morgan fingerprint density at radius 2 is 1.04 bits per heavy atom. The number of alkyl carbamates (subject to hydrolysis) is 1. The SMILES string of the molecule is COC(=O)[C@H](CC(C)C)NC(=O)[C@H](CC(C)C)NC(=O)[C@](C)(NC(=O)[C@H](CC(C)C)NC(=O)[C@H](CC(C)C)NC(=O)OCc1ccccc1)C(F)(F)F. The minimum absolute atomic E-state index is 0.0644. The monoisotopic (exact) mass is 757 g/mol. The zero-order valence-electron chi connectivity index (χ0n) is 32.4. The Labute approximate surface area is 310 Å². The van der Waals surface area contributed by atoms with Crippen LogP contribution in [0.2, 0.25) is 0 Å². The predicted octanol–water partition coefficient (Wildman–Crippen LogP) is 4.53. The number of rotatable bonds is 20. The van der Waals surface area contributed by atoms with E-state index in [2.05, 4.69) is 21.3 Å². The van der Waals surface area contributed by atoms with Crippen LogP contribution >= 0.6 is 0 Å². The lowest BCUT2D eigenvalue weighted by molar-refractivity contribution is -0.198. The van der Waals surface area contributed by atoms with Gasteiger partial charge in [-0.2, -0.15) is 13.2 Å². The van der Waals surface area contributed by atoms with Gasteiger partial charge in [0.15, 0.2) is 0 Å². The Bertz CT molecular complexity index is 1370. The number of hydrogen-bond acceptors (Lipinski definition) is 8. The molecule has 5 atom stereocenters. The van der Waals surface area contributed by atoms with Crippen LogP contribution in [0.25, 0.3) is 0 Å². The normalized spacial score (nSPS) is 15.1. The first-order valence-electron chi connectivity index (χ1n) is 17.9. The van der Waals surface area contributed by atoms with Gasteiger partial charge >= 0.3 is 18.2 Å². The molecule has 0 unspecified atom stereocenters. The van der Waals surface area contributed by atoms with Crippen molar-refractivity contribution in [1.29, 1.82) is 0 Å². The van der Waals surface area contributed by atoms with E-state index in [0.29, 0.717) is 12.5 Å². The third-order valence-corrected chi connectivity index (χ3v) is 8.10. The Balaban J connectivity index is 3.31. The smallest absolute Gasteiger partial charge is 0.420 e. The second-order valence-corrected chi connectivity index (χ2v) is 15.1. The van der Waals surface area contributed by atoms with Crippen molar-refractivity contribution < 1.29 is 51.4 Å². The zero-order chi connectivity index (χ0) is 40.7. The highest BCUT2D eigenvalue weighted by Gasteiger charge is 2.59. The number of amides is 5. The molecule has 0 aliphatic heterocycles. The van der Waals surface area contributed by atoms with E-state index < -0.39 is 71.6 Å². The van der Waals surface area contributed by atoms with Crippen LogP contribution < -0.4 is 26.6 Å². The molecule has 0 aliphatic carbocycles. The van der Waals surface area contributed by atoms with E-state index in [4.69, 9.17) is 9.47 Å². The number of carbonyl (C=O) groups excluding carboxylic acids is 6. The summed E-state index contributed by atoms with van der Waals surface area (Å²) >= 11 is 0. The van der Waals surface area contributed by atoms with E-state index in [9.17, 15) is 41.9 Å². The van der Waals surface area contributed by atoms with Crippen LogP contribution in [-0.2, 0) is 40.1 Å². The minimum atomic E-state index is -5.37. The summed E-state index contributed by atoms with van der Waals surface area (Å²) in [5, 5.41) is 11.3. The lowest BCUT2D eigenvalue weighted by Crippen LogP contribution is -2.69. The van der Waals surface area contributed by atoms with Gasteiger partial charge in [0.1, 0.15) is 30.8 Å². The number of nitrogens with one attached hydrogen (secondary N) is 5. The van der Waals surface area contributed by atoms with Crippen molar-refractivity contribution in [3.8, 4) is 0 Å². The molecule has 53 heavy (non-hydrogen) atoms. The van der Waals surface area contributed by atoms with Gasteiger partial charge in [0.05, 0.1) is 7.11 Å². The van der Waals surface area contributed by atoms with Gasteiger partial charge in [-0.3, -0.25) is 19.2 Å². The maximum atomic E-state index is 14.7. The maximum absolute atomic E-state index is 14.7. The molecule has 13 nitrogen and oxygen atoms in total. The molecule has 0 heterocycles. The van der Waals surface area contributed by atoms with Crippen molar-refractivity contribution in [2.24, 2.45) is 23.7 Å². The third-order valence-electron chi connectivity index (χ3n) is 8.10. The third kappa shape index (κ3) is 16.0. The van der Waals surface area contributed by atoms with Crippen molar-refractivity contribution in [2.75, 3.05) is 7.11 Å². The summed E-state index contributed by atoms with van der Waals surface area (Å²) in [4.78, 5) is 78.9. The molecule has 1 rings (SSSR count). The van der Waals surface area contributed by atoms with E-state index in [1.807, 2.05) is 0 Å². The fourth-order valence-electron chi connectivity index (χ4n) is 5.28. The number of carbonyl (C=O) groups is 6. The summed E-state index contributed by atoms with van der Waals surface area (Å²) in [6.45, 7) is 14.3. The molecule has 0 radical (unpaired) electrons. The van der Waals surface area contributed by atoms with Crippen LogP contribution in [0.1, 0.15) is 93.6 Å². The standard InChI is InChI=1S/C37H58F3N5O8/c1-21(2)16-26(30(46)42-29(19-24(7)8)33(49)52-10)43-34(50)36(9,37(38,39)40)45-32(48)28(18-23(5)6)41-31(47)27(17-22(3)4)44-35(51)53-20-25-14-12-11-13-15-25/h11-15,21-24,26-29H,16-20H2,1-10H3,(H,41,47)(H,42,46)(H,43,50)(H,44,51)(H,45,48)/t26-,27-,28-,29-,36-/m0/s1. The van der Waals surface area contributed by atoms with Gasteiger partial charge in [0.25, 0.3) is 5.91 Å². The number of methoxy groups -OCH3 is 1. The van der Waals surface area contributed by atoms with Gasteiger partial charge in [0.2, 0.25) is 23.3 Å². The van der Waals surface area contributed by atoms with Crippen molar-refractivity contribution in [3.63, 3.8) is 0 Å². The summed E-state index contributed by atoms with van der Waals surface area (Å²) in [5.41, 5.74) is -2.86. The number of halogens is 3. The van der Waals surface area contributed by atoms with E-state index in [1.54, 1.807) is 91.0 Å². The van der Waals surface area contributed by atoms with Crippen LogP contribution in [0.15, 0.2) is 30.3 Å². The number of alkyl halides is 3. The number of hydrogen-bond donors (Lipinski definition) is 5. The maximum Gasteiger partial charge on any atom is 0.420 e. The molecule has 0 aliphatic rings. The first-order valence-corrected chi connectivity index (χ1v) is 17.9. The molecule has 0 spiro atoms. The zero-order valence-corrected chi connectivity index (χ0v) is 32.4. The highest BCUT2D eigenvalue weighted by atomic mass is 19.4. The fraction of sp³-hybridized carbons (Fsp3) is 0.676. The van der Waals surface area contributed by atoms with Crippen LogP contribution in [0.4, 0.5) is 18.0 Å². The van der Waals surface area contributed by atoms with Gasteiger partial charge in [0, 0.05) is 0 Å². The van der Waals surface area contributed by atoms with E-state index >= 15 is 0 Å². The molecule has 1 aromatic carbocycles. The minimum Gasteiger partial charge on any atom is -0.467 e. The van der Waals surface area contributed by atoms with Crippen molar-refractivity contribution in [3.05, 3.63) is 35.9 Å². The molecule has 5 amide bonds. The van der Waals surface area contributed by atoms with Gasteiger partial charge < -0.3 is 36.1 Å². The lowest BCUT2D eigenvalue weighted by Gasteiger charge is -2.35. The number of ether oxygens (including phenoxy) is 2. The Hall–Kier alpha value is -4.37. The molecule has 0 saturated heterocycles. The van der Waals surface area contributed by atoms with Crippen molar-refractivity contribution in [1.82, 2.24) is 26.6 Å². The Kier molecular flexibility index (Phi) is 18.8. The topological polar surface area (TPSA) is 181 Å². The number of esters is 1. The van der Waals surface area contributed by atoms with E-state index in [-0.39, 0.29) is 56.0 Å². The molecule has 5 N–H and O–H groups in total. The highest BCUT2D eigenvalue weighted by molar-refractivity contribution is 5.98. The lowest BCUT2D eigenvalue weighted by atomic mass is 9.95. The first kappa shape index (κ1) is 46.7. The molecule has 300 valence electrons. The largest absolute Gasteiger partial charge is 0.467 e. The highest BCUT2D eigenvalue weighted by Crippen LogP contribution is 2.31. The van der Waals surface area contributed by atoms with Crippen LogP contribution in [-0.4, -0.2) is 78.7 Å². The Morgan fingerprint density at radius 3 is 1.47 bits per heavy atom. The van der Waals surface area contributed by atoms with Gasteiger partial charge in [-0.05, 0) is 61.8 Å². The summed E-state index contributed by atoms with van der Waals surface area (Å²) in [5.74, 6) is -6.34. The summed E-state index contributed by atoms with van der Waals surface area (Å²) in [6, 6.07) is 3.39. The second kappa shape index (κ2) is 21.4. The molecule has 0 fully saturated rings. The average molecular weight is 758 g/mol. The molecule has 1 aromatic rings. The predicted molar refractivity (Wildman–Crippen MR) is 192 cm³/mol. The molecule has 0 bridgehead atoms.